The first-order chi connectivity index (χ1) is 15.9. The summed E-state index contributed by atoms with van der Waals surface area (Å²) >= 11 is 0. The van der Waals surface area contributed by atoms with Crippen LogP contribution < -0.4 is 26.3 Å². The predicted molar refractivity (Wildman–Crippen MR) is 129 cm³/mol. The number of allylic oxidation sites excluding steroid dienone is 2. The van der Waals surface area contributed by atoms with Crippen LogP contribution in [0.2, 0.25) is 0 Å². The molecule has 170 valence electrons. The Labute approximate surface area is 192 Å². The van der Waals surface area contributed by atoms with Gasteiger partial charge in [0.1, 0.15) is 11.7 Å². The van der Waals surface area contributed by atoms with Gasteiger partial charge in [-0.15, -0.1) is 0 Å². The standard InChI is InChI=1S/C23H27N9O/c1-14(24)32-19-8-4-16(17-5-9-21(25)28-13-17)12-20(19)31(11-10-22(32)26)18-6-2-15(3-7-18)23(33)29-30-27/h2-6,8-9,12,18,24,26,28H,7,10-11,13,25H2,1H3,(H2,27,29,33). The summed E-state index contributed by atoms with van der Waals surface area (Å²) in [5.74, 6) is 0.893. The average molecular weight is 446 g/mol. The number of nitrogens with two attached hydrogens (primary N) is 1. The van der Waals surface area contributed by atoms with Crippen LogP contribution in [0.3, 0.4) is 0 Å². The van der Waals surface area contributed by atoms with Gasteiger partial charge in [-0.25, -0.2) is 5.43 Å². The van der Waals surface area contributed by atoms with E-state index in [2.05, 4.69) is 26.9 Å². The van der Waals surface area contributed by atoms with Crippen molar-refractivity contribution >= 4 is 34.5 Å². The zero-order valence-electron chi connectivity index (χ0n) is 18.4. The van der Waals surface area contributed by atoms with Crippen LogP contribution in [0.25, 0.3) is 5.57 Å². The lowest BCUT2D eigenvalue weighted by Crippen LogP contribution is -2.36. The van der Waals surface area contributed by atoms with Crippen molar-refractivity contribution in [2.75, 3.05) is 22.9 Å². The van der Waals surface area contributed by atoms with Gasteiger partial charge in [-0.05, 0) is 42.7 Å². The number of dihydropyridines is 1. The van der Waals surface area contributed by atoms with Gasteiger partial charge in [-0.1, -0.05) is 35.6 Å². The van der Waals surface area contributed by atoms with Crippen molar-refractivity contribution in [3.05, 3.63) is 65.5 Å². The van der Waals surface area contributed by atoms with E-state index in [9.17, 15) is 4.79 Å². The number of anilines is 2. The molecule has 0 saturated carbocycles. The number of hydrogen-bond acceptors (Lipinski definition) is 8. The van der Waals surface area contributed by atoms with Gasteiger partial charge in [0, 0.05) is 25.1 Å². The van der Waals surface area contributed by atoms with E-state index in [0.717, 1.165) is 22.5 Å². The van der Waals surface area contributed by atoms with Gasteiger partial charge in [-0.2, -0.15) is 5.53 Å². The van der Waals surface area contributed by atoms with Gasteiger partial charge in [0.25, 0.3) is 5.91 Å². The molecule has 1 unspecified atom stereocenters. The molecule has 1 aromatic carbocycles. The Morgan fingerprint density at radius 3 is 2.76 bits per heavy atom. The minimum absolute atomic E-state index is 0.0173. The maximum absolute atomic E-state index is 12.0. The third kappa shape index (κ3) is 4.40. The van der Waals surface area contributed by atoms with Crippen LogP contribution in [0.1, 0.15) is 25.3 Å². The Balaban J connectivity index is 1.73. The highest BCUT2D eigenvalue weighted by atomic mass is 16.2. The molecule has 10 heteroatoms. The van der Waals surface area contributed by atoms with Crippen molar-refractivity contribution in [1.82, 2.24) is 10.7 Å². The van der Waals surface area contributed by atoms with Gasteiger partial charge < -0.3 is 16.0 Å². The first kappa shape index (κ1) is 22.0. The predicted octanol–water partition coefficient (Wildman–Crippen LogP) is 2.78. The maximum atomic E-state index is 12.0. The van der Waals surface area contributed by atoms with Crippen molar-refractivity contribution in [3.8, 4) is 0 Å². The highest BCUT2D eigenvalue weighted by Crippen LogP contribution is 2.38. The summed E-state index contributed by atoms with van der Waals surface area (Å²) in [7, 11) is 0. The van der Waals surface area contributed by atoms with Crippen LogP contribution in [0.4, 0.5) is 11.4 Å². The molecule has 3 aliphatic rings. The molecule has 0 saturated heterocycles. The lowest BCUT2D eigenvalue weighted by molar-refractivity contribution is -0.117. The average Bonchev–Trinajstić information content (AvgIpc) is 2.95. The fourth-order valence-corrected chi connectivity index (χ4v) is 4.30. The Bertz CT molecular complexity index is 1140. The quantitative estimate of drug-likeness (QED) is 0.182. The largest absolute Gasteiger partial charge is 0.386 e. The van der Waals surface area contributed by atoms with Crippen LogP contribution in [-0.2, 0) is 4.79 Å². The van der Waals surface area contributed by atoms with Crippen molar-refractivity contribution in [2.24, 2.45) is 11.0 Å². The number of fused-ring (bicyclic) bond motifs is 1. The fraction of sp³-hybridized carbons (Fsp3) is 0.261. The summed E-state index contributed by atoms with van der Waals surface area (Å²) in [6.07, 6.45) is 10.5. The van der Waals surface area contributed by atoms with Gasteiger partial charge in [-0.3, -0.25) is 20.5 Å². The lowest BCUT2D eigenvalue weighted by atomic mass is 9.98. The Morgan fingerprint density at radius 2 is 2.12 bits per heavy atom. The third-order valence-corrected chi connectivity index (χ3v) is 5.94. The Morgan fingerprint density at radius 1 is 1.30 bits per heavy atom. The van der Waals surface area contributed by atoms with Crippen LogP contribution >= 0.6 is 0 Å². The molecule has 0 fully saturated rings. The smallest absolute Gasteiger partial charge is 0.272 e. The highest BCUT2D eigenvalue weighted by molar-refractivity contribution is 6.18. The number of hydrogen-bond donors (Lipinski definition) is 6. The second-order valence-corrected chi connectivity index (χ2v) is 8.06. The van der Waals surface area contributed by atoms with Gasteiger partial charge in [0.05, 0.1) is 23.2 Å². The number of carbonyl (C=O) groups is 1. The molecule has 0 radical (unpaired) electrons. The number of rotatable bonds is 4. The zero-order valence-corrected chi connectivity index (χ0v) is 18.4. The number of benzene rings is 1. The van der Waals surface area contributed by atoms with E-state index in [4.69, 9.17) is 22.1 Å². The molecule has 4 rings (SSSR count). The van der Waals surface area contributed by atoms with Gasteiger partial charge in [0.15, 0.2) is 0 Å². The molecule has 1 atom stereocenters. The lowest BCUT2D eigenvalue weighted by Gasteiger charge is -2.33. The van der Waals surface area contributed by atoms with Crippen LogP contribution in [0.5, 0.6) is 0 Å². The topological polar surface area (TPSA) is 158 Å². The summed E-state index contributed by atoms with van der Waals surface area (Å²) in [5.41, 5.74) is 19.1. The molecule has 10 nitrogen and oxygen atoms in total. The molecule has 2 aliphatic heterocycles. The number of nitrogens with zero attached hydrogens (tertiary/aromatic N) is 3. The number of nitrogens with one attached hydrogen (secondary N) is 5. The Kier molecular flexibility index (Phi) is 6.07. The van der Waals surface area contributed by atoms with E-state index in [0.29, 0.717) is 49.0 Å². The minimum Gasteiger partial charge on any atom is -0.386 e. The maximum Gasteiger partial charge on any atom is 0.272 e. The summed E-state index contributed by atoms with van der Waals surface area (Å²) in [4.78, 5) is 15.9. The molecule has 33 heavy (non-hydrogen) atoms. The van der Waals surface area contributed by atoms with Gasteiger partial charge >= 0.3 is 0 Å². The minimum atomic E-state index is -0.408. The highest BCUT2D eigenvalue weighted by Gasteiger charge is 2.30. The fourth-order valence-electron chi connectivity index (χ4n) is 4.30. The second kappa shape index (κ2) is 9.11. The van der Waals surface area contributed by atoms with Crippen molar-refractivity contribution in [1.29, 1.82) is 16.3 Å². The van der Waals surface area contributed by atoms with Crippen LogP contribution in [-0.4, -0.2) is 36.7 Å². The van der Waals surface area contributed by atoms with E-state index in [-0.39, 0.29) is 6.04 Å². The molecule has 1 amide bonds. The molecule has 0 spiro atoms. The van der Waals surface area contributed by atoms with Crippen molar-refractivity contribution < 1.29 is 4.79 Å². The molecule has 0 bridgehead atoms. The first-order valence-corrected chi connectivity index (χ1v) is 10.7. The van der Waals surface area contributed by atoms with E-state index in [1.54, 1.807) is 17.9 Å². The monoisotopic (exact) mass is 445 g/mol. The molecule has 0 aromatic heterocycles. The van der Waals surface area contributed by atoms with E-state index in [1.165, 1.54) is 0 Å². The Hall–Kier alpha value is -4.21. The number of amidine groups is 2. The second-order valence-electron chi connectivity index (χ2n) is 8.06. The van der Waals surface area contributed by atoms with E-state index < -0.39 is 5.91 Å². The molecular weight excluding hydrogens is 418 g/mol. The summed E-state index contributed by atoms with van der Waals surface area (Å²) in [6, 6.07) is 6.06. The molecular formula is C23H27N9O. The summed E-state index contributed by atoms with van der Waals surface area (Å²) in [5, 5.41) is 22.9. The third-order valence-electron chi connectivity index (χ3n) is 5.94. The van der Waals surface area contributed by atoms with E-state index >= 15 is 0 Å². The number of amides is 1. The summed E-state index contributed by atoms with van der Waals surface area (Å²) in [6.45, 7) is 2.92. The van der Waals surface area contributed by atoms with Crippen LogP contribution in [0.15, 0.2) is 65.2 Å². The molecule has 2 heterocycles. The normalized spacial score (nSPS) is 20.0. The van der Waals surface area contributed by atoms with Crippen LogP contribution in [0, 0.1) is 16.3 Å². The van der Waals surface area contributed by atoms with Crippen molar-refractivity contribution in [2.45, 2.75) is 25.8 Å². The molecule has 7 N–H and O–H groups in total. The zero-order chi connectivity index (χ0) is 23.5. The SMILES string of the molecule is CC(=N)N1C(=N)CCN(C2C=CC(C(=O)NN=N)=CC2)c2cc(C3=CC=C(N)NC3)ccc21. The molecule has 1 aromatic rings. The summed E-state index contributed by atoms with van der Waals surface area (Å²) < 4.78 is 0. The molecule has 1 aliphatic carbocycles. The van der Waals surface area contributed by atoms with Gasteiger partial charge in [0.2, 0.25) is 0 Å². The first-order valence-electron chi connectivity index (χ1n) is 10.7. The van der Waals surface area contributed by atoms with E-state index in [1.807, 2.05) is 36.4 Å². The number of carbonyl (C=O) groups excluding carboxylic acids is 1. The van der Waals surface area contributed by atoms with Crippen molar-refractivity contribution in [3.63, 3.8) is 0 Å².